The van der Waals surface area contributed by atoms with Crippen molar-refractivity contribution in [3.05, 3.63) is 40.4 Å². The Morgan fingerprint density at radius 2 is 1.88 bits per heavy atom. The third-order valence-corrected chi connectivity index (χ3v) is 3.41. The lowest BCUT2D eigenvalue weighted by Gasteiger charge is -2.09. The molecule has 2 aromatic rings. The zero-order valence-electron chi connectivity index (χ0n) is 13.3. The van der Waals surface area contributed by atoms with Crippen molar-refractivity contribution in [2.24, 2.45) is 5.92 Å². The van der Waals surface area contributed by atoms with Crippen LogP contribution in [0.1, 0.15) is 13.8 Å². The van der Waals surface area contributed by atoms with E-state index >= 15 is 0 Å². The van der Waals surface area contributed by atoms with Gasteiger partial charge in [-0.05, 0) is 36.2 Å². The number of amides is 1. The second-order valence-corrected chi connectivity index (χ2v) is 6.33. The van der Waals surface area contributed by atoms with Crippen LogP contribution in [0.2, 0.25) is 10.0 Å². The van der Waals surface area contributed by atoms with Crippen LogP contribution in [0, 0.1) is 5.92 Å². The van der Waals surface area contributed by atoms with Gasteiger partial charge < -0.3 is 15.4 Å². The Labute approximate surface area is 150 Å². The van der Waals surface area contributed by atoms with Gasteiger partial charge in [0.2, 0.25) is 0 Å². The molecule has 0 radical (unpaired) electrons. The molecule has 128 valence electrons. The fourth-order valence-corrected chi connectivity index (χ4v) is 2.18. The monoisotopic (exact) mass is 368 g/mol. The van der Waals surface area contributed by atoms with Gasteiger partial charge in [0, 0.05) is 11.6 Å². The average molecular weight is 369 g/mol. The van der Waals surface area contributed by atoms with Crippen molar-refractivity contribution in [1.82, 2.24) is 10.2 Å². The number of rotatable bonds is 7. The molecular weight excluding hydrogens is 351 g/mol. The minimum absolute atomic E-state index is 0.198. The highest BCUT2D eigenvalue weighted by molar-refractivity contribution is 6.35. The summed E-state index contributed by atoms with van der Waals surface area (Å²) in [5.74, 6) is 1.53. The highest BCUT2D eigenvalue weighted by Crippen LogP contribution is 2.27. The summed E-state index contributed by atoms with van der Waals surface area (Å²) in [6.45, 7) is 4.80. The quantitative estimate of drug-likeness (QED) is 0.775. The molecular formula is C16H18Cl2N4O2. The first-order valence-electron chi connectivity index (χ1n) is 7.39. The number of hydrogen-bond donors (Lipinski definition) is 2. The predicted molar refractivity (Wildman–Crippen MR) is 95.9 cm³/mol. The molecule has 0 aliphatic heterocycles. The lowest BCUT2D eigenvalue weighted by molar-refractivity contribution is -0.118. The Hall–Kier alpha value is -2.05. The number of benzene rings is 1. The largest absolute Gasteiger partial charge is 0.482 e. The maximum atomic E-state index is 11.9. The Bertz CT molecular complexity index is 693. The molecule has 2 rings (SSSR count). The average Bonchev–Trinajstić information content (AvgIpc) is 2.53. The summed E-state index contributed by atoms with van der Waals surface area (Å²) >= 11 is 11.8. The molecule has 0 aliphatic carbocycles. The number of anilines is 2. The SMILES string of the molecule is CC(C)CNc1ccc(NC(=O)COc2ccc(Cl)cc2Cl)nn1. The van der Waals surface area contributed by atoms with Gasteiger partial charge in [0.15, 0.2) is 12.4 Å². The van der Waals surface area contributed by atoms with Crippen LogP contribution in [0.25, 0.3) is 0 Å². The van der Waals surface area contributed by atoms with E-state index in [9.17, 15) is 4.79 Å². The third kappa shape index (κ3) is 5.86. The molecule has 24 heavy (non-hydrogen) atoms. The first-order valence-corrected chi connectivity index (χ1v) is 8.15. The first-order chi connectivity index (χ1) is 11.4. The number of hydrogen-bond acceptors (Lipinski definition) is 5. The van der Waals surface area contributed by atoms with Crippen molar-refractivity contribution in [2.75, 3.05) is 23.8 Å². The van der Waals surface area contributed by atoms with Crippen LogP contribution in [0.5, 0.6) is 5.75 Å². The second kappa shape index (κ2) is 8.70. The molecule has 1 amide bonds. The van der Waals surface area contributed by atoms with Gasteiger partial charge in [0.05, 0.1) is 5.02 Å². The van der Waals surface area contributed by atoms with Gasteiger partial charge in [-0.3, -0.25) is 4.79 Å². The Kier molecular flexibility index (Phi) is 6.63. The van der Waals surface area contributed by atoms with Crippen LogP contribution in [-0.4, -0.2) is 29.3 Å². The fourth-order valence-electron chi connectivity index (χ4n) is 1.72. The maximum Gasteiger partial charge on any atom is 0.263 e. The molecule has 0 aliphatic rings. The van der Waals surface area contributed by atoms with Crippen molar-refractivity contribution in [1.29, 1.82) is 0 Å². The molecule has 1 aromatic heterocycles. The molecule has 0 saturated heterocycles. The van der Waals surface area contributed by atoms with Crippen molar-refractivity contribution in [3.8, 4) is 5.75 Å². The van der Waals surface area contributed by atoms with Gasteiger partial charge in [-0.1, -0.05) is 37.0 Å². The minimum atomic E-state index is -0.363. The summed E-state index contributed by atoms with van der Waals surface area (Å²) in [5.41, 5.74) is 0. The second-order valence-electron chi connectivity index (χ2n) is 5.49. The molecule has 0 fully saturated rings. The zero-order chi connectivity index (χ0) is 17.5. The lowest BCUT2D eigenvalue weighted by Crippen LogP contribution is -2.21. The normalized spacial score (nSPS) is 10.5. The smallest absolute Gasteiger partial charge is 0.263 e. The number of halogens is 2. The molecule has 0 bridgehead atoms. The summed E-state index contributed by atoms with van der Waals surface area (Å²) < 4.78 is 5.35. The molecule has 0 saturated carbocycles. The third-order valence-electron chi connectivity index (χ3n) is 2.88. The van der Waals surface area contributed by atoms with E-state index in [2.05, 4.69) is 34.7 Å². The van der Waals surface area contributed by atoms with Gasteiger partial charge in [-0.2, -0.15) is 0 Å². The van der Waals surface area contributed by atoms with E-state index in [1.165, 1.54) is 0 Å². The van der Waals surface area contributed by atoms with Crippen LogP contribution >= 0.6 is 23.2 Å². The topological polar surface area (TPSA) is 76.1 Å². The van der Waals surface area contributed by atoms with Crippen molar-refractivity contribution >= 4 is 40.7 Å². The highest BCUT2D eigenvalue weighted by atomic mass is 35.5. The van der Waals surface area contributed by atoms with Crippen LogP contribution < -0.4 is 15.4 Å². The molecule has 0 spiro atoms. The number of carbonyl (C=O) groups excluding carboxylic acids is 1. The summed E-state index contributed by atoms with van der Waals surface area (Å²) in [7, 11) is 0. The van der Waals surface area contributed by atoms with Crippen LogP contribution in [0.4, 0.5) is 11.6 Å². The Morgan fingerprint density at radius 1 is 1.17 bits per heavy atom. The van der Waals surface area contributed by atoms with E-state index in [4.69, 9.17) is 27.9 Å². The predicted octanol–water partition coefficient (Wildman–Crippen LogP) is 3.87. The number of ether oxygens (including phenoxy) is 1. The van der Waals surface area contributed by atoms with Crippen LogP contribution in [0.15, 0.2) is 30.3 Å². The lowest BCUT2D eigenvalue weighted by atomic mass is 10.2. The number of nitrogens with zero attached hydrogens (tertiary/aromatic N) is 2. The van der Waals surface area contributed by atoms with E-state index in [0.29, 0.717) is 33.3 Å². The van der Waals surface area contributed by atoms with Gasteiger partial charge in [-0.25, -0.2) is 0 Å². The molecule has 0 atom stereocenters. The van der Waals surface area contributed by atoms with Crippen molar-refractivity contribution in [3.63, 3.8) is 0 Å². The zero-order valence-corrected chi connectivity index (χ0v) is 14.9. The van der Waals surface area contributed by atoms with Gasteiger partial charge in [-0.15, -0.1) is 10.2 Å². The number of carbonyl (C=O) groups is 1. The molecule has 1 aromatic carbocycles. The van der Waals surface area contributed by atoms with Gasteiger partial charge in [0.25, 0.3) is 5.91 Å². The first kappa shape index (κ1) is 18.3. The van der Waals surface area contributed by atoms with Crippen LogP contribution in [-0.2, 0) is 4.79 Å². The van der Waals surface area contributed by atoms with E-state index in [1.807, 2.05) is 0 Å². The van der Waals surface area contributed by atoms with E-state index in [0.717, 1.165) is 6.54 Å². The highest BCUT2D eigenvalue weighted by Gasteiger charge is 2.08. The summed E-state index contributed by atoms with van der Waals surface area (Å²) in [5, 5.41) is 14.5. The molecule has 1 heterocycles. The molecule has 6 nitrogen and oxygen atoms in total. The van der Waals surface area contributed by atoms with E-state index in [1.54, 1.807) is 30.3 Å². The van der Waals surface area contributed by atoms with E-state index < -0.39 is 0 Å². The summed E-state index contributed by atoms with van der Waals surface area (Å²) in [6.07, 6.45) is 0. The number of aromatic nitrogens is 2. The van der Waals surface area contributed by atoms with Crippen LogP contribution in [0.3, 0.4) is 0 Å². The Balaban J connectivity index is 1.83. The number of nitrogens with one attached hydrogen (secondary N) is 2. The molecule has 2 N–H and O–H groups in total. The van der Waals surface area contributed by atoms with Crippen molar-refractivity contribution < 1.29 is 9.53 Å². The maximum absolute atomic E-state index is 11.9. The van der Waals surface area contributed by atoms with Gasteiger partial charge >= 0.3 is 0 Å². The molecule has 0 unspecified atom stereocenters. The minimum Gasteiger partial charge on any atom is -0.482 e. The standard InChI is InChI=1S/C16H18Cl2N4O2/c1-10(2)8-19-14-5-6-15(22-21-14)20-16(23)9-24-13-4-3-11(17)7-12(13)18/h3-7,10H,8-9H2,1-2H3,(H,19,21)(H,20,22,23). The fraction of sp³-hybridized carbons (Fsp3) is 0.312. The molecule has 8 heteroatoms. The summed E-state index contributed by atoms with van der Waals surface area (Å²) in [4.78, 5) is 11.9. The van der Waals surface area contributed by atoms with E-state index in [-0.39, 0.29) is 12.5 Å². The summed E-state index contributed by atoms with van der Waals surface area (Å²) in [6, 6.07) is 8.21. The van der Waals surface area contributed by atoms with Gasteiger partial charge in [0.1, 0.15) is 11.6 Å². The van der Waals surface area contributed by atoms with Crippen molar-refractivity contribution in [2.45, 2.75) is 13.8 Å². The Morgan fingerprint density at radius 3 is 2.50 bits per heavy atom.